The van der Waals surface area contributed by atoms with Gasteiger partial charge in [-0.3, -0.25) is 4.79 Å². The third-order valence-electron chi connectivity index (χ3n) is 3.49. The lowest BCUT2D eigenvalue weighted by Crippen LogP contribution is -2.31. The third kappa shape index (κ3) is 3.67. The van der Waals surface area contributed by atoms with Crippen LogP contribution >= 0.6 is 11.6 Å². The van der Waals surface area contributed by atoms with E-state index in [-0.39, 0.29) is 17.2 Å². The Labute approximate surface area is 97.8 Å². The Morgan fingerprint density at radius 1 is 1.60 bits per heavy atom. The van der Waals surface area contributed by atoms with Crippen molar-refractivity contribution in [3.8, 4) is 0 Å². The Hall–Kier alpha value is -0.240. The van der Waals surface area contributed by atoms with Crippen molar-refractivity contribution < 1.29 is 4.79 Å². The van der Waals surface area contributed by atoms with Gasteiger partial charge in [0.25, 0.3) is 0 Å². The maximum Gasteiger partial charge on any atom is 0.223 e. The molecule has 1 aliphatic carbocycles. The number of amides is 1. The van der Waals surface area contributed by atoms with Gasteiger partial charge in [-0.2, -0.15) is 0 Å². The Bertz CT molecular complexity index is 228. The maximum atomic E-state index is 11.7. The largest absolute Gasteiger partial charge is 0.356 e. The summed E-state index contributed by atoms with van der Waals surface area (Å²) in [5, 5.41) is 3.04. The summed E-state index contributed by atoms with van der Waals surface area (Å²) in [6, 6.07) is 0. The van der Waals surface area contributed by atoms with Crippen molar-refractivity contribution in [2.75, 3.05) is 12.4 Å². The molecule has 1 rings (SSSR count). The topological polar surface area (TPSA) is 29.1 Å². The van der Waals surface area contributed by atoms with Crippen LogP contribution in [0.5, 0.6) is 0 Å². The summed E-state index contributed by atoms with van der Waals surface area (Å²) in [5.41, 5.74) is 0.234. The highest BCUT2D eigenvalue weighted by Gasteiger charge is 2.50. The van der Waals surface area contributed by atoms with Gasteiger partial charge < -0.3 is 5.32 Å². The van der Waals surface area contributed by atoms with Crippen LogP contribution in [0.15, 0.2) is 0 Å². The van der Waals surface area contributed by atoms with E-state index in [0.29, 0.717) is 11.8 Å². The zero-order chi connectivity index (χ0) is 11.5. The molecule has 0 aromatic carbocycles. The van der Waals surface area contributed by atoms with Crippen molar-refractivity contribution in [3.63, 3.8) is 0 Å². The van der Waals surface area contributed by atoms with Gasteiger partial charge in [-0.25, -0.2) is 0 Å². The molecule has 2 nitrogen and oxygen atoms in total. The smallest absolute Gasteiger partial charge is 0.223 e. The van der Waals surface area contributed by atoms with Gasteiger partial charge in [0.05, 0.1) is 0 Å². The highest BCUT2D eigenvalue weighted by atomic mass is 35.5. The van der Waals surface area contributed by atoms with E-state index in [1.54, 1.807) is 0 Å². The van der Waals surface area contributed by atoms with Crippen molar-refractivity contribution in [1.82, 2.24) is 5.32 Å². The number of hydrogen-bond acceptors (Lipinski definition) is 1. The van der Waals surface area contributed by atoms with E-state index < -0.39 is 0 Å². The zero-order valence-corrected chi connectivity index (χ0v) is 10.7. The first-order chi connectivity index (χ1) is 7.01. The number of rotatable bonds is 6. The van der Waals surface area contributed by atoms with Crippen LogP contribution in [-0.4, -0.2) is 18.3 Å². The minimum atomic E-state index is 0.230. The Morgan fingerprint density at radius 3 is 2.60 bits per heavy atom. The lowest BCUT2D eigenvalue weighted by molar-refractivity contribution is -0.123. The van der Waals surface area contributed by atoms with Gasteiger partial charge in [-0.05, 0) is 24.2 Å². The summed E-state index contributed by atoms with van der Waals surface area (Å²) in [6.07, 6.45) is 3.11. The Kier molecular flexibility index (Phi) is 4.45. The van der Waals surface area contributed by atoms with E-state index in [2.05, 4.69) is 26.1 Å². The molecular weight excluding hydrogens is 210 g/mol. The van der Waals surface area contributed by atoms with Gasteiger partial charge in [-0.15, -0.1) is 11.6 Å². The highest BCUT2D eigenvalue weighted by molar-refractivity contribution is 6.17. The Morgan fingerprint density at radius 2 is 2.20 bits per heavy atom. The molecule has 2 atom stereocenters. The molecule has 1 saturated carbocycles. The molecule has 1 fully saturated rings. The quantitative estimate of drug-likeness (QED) is 0.700. The van der Waals surface area contributed by atoms with E-state index in [4.69, 9.17) is 11.6 Å². The van der Waals surface area contributed by atoms with Crippen LogP contribution in [0.3, 0.4) is 0 Å². The van der Waals surface area contributed by atoms with E-state index in [9.17, 15) is 4.79 Å². The average Bonchev–Trinajstić information content (AvgIpc) is 2.82. The van der Waals surface area contributed by atoms with E-state index >= 15 is 0 Å². The summed E-state index contributed by atoms with van der Waals surface area (Å²) in [5.74, 6) is 1.69. The third-order valence-corrected chi connectivity index (χ3v) is 3.71. The van der Waals surface area contributed by atoms with Crippen LogP contribution in [0.2, 0.25) is 0 Å². The fraction of sp³-hybridized carbons (Fsp3) is 0.917. The molecule has 0 aromatic rings. The predicted molar refractivity (Wildman–Crippen MR) is 64.0 cm³/mol. The van der Waals surface area contributed by atoms with Gasteiger partial charge in [0.1, 0.15) is 0 Å². The fourth-order valence-electron chi connectivity index (χ4n) is 1.89. The van der Waals surface area contributed by atoms with Gasteiger partial charge in [-0.1, -0.05) is 27.2 Å². The summed E-state index contributed by atoms with van der Waals surface area (Å²) in [4.78, 5) is 11.7. The molecule has 1 amide bonds. The molecule has 1 N–H and O–H groups in total. The second-order valence-electron chi connectivity index (χ2n) is 5.24. The fourth-order valence-corrected chi connectivity index (χ4v) is 2.20. The molecule has 88 valence electrons. The molecule has 0 heterocycles. The molecule has 3 heteroatoms. The van der Waals surface area contributed by atoms with E-state index in [1.165, 1.54) is 0 Å². The standard InChI is InChI=1S/C12H22ClNO/c1-4-9(5-6-13)8-14-11(15)10-7-12(10,2)3/h9-10H,4-8H2,1-3H3,(H,14,15). The minimum Gasteiger partial charge on any atom is -0.356 e. The van der Waals surface area contributed by atoms with E-state index in [0.717, 1.165) is 25.8 Å². The summed E-state index contributed by atoms with van der Waals surface area (Å²) in [7, 11) is 0. The second kappa shape index (κ2) is 5.20. The van der Waals surface area contributed by atoms with E-state index in [1.807, 2.05) is 0 Å². The molecule has 0 radical (unpaired) electrons. The van der Waals surface area contributed by atoms with Gasteiger partial charge >= 0.3 is 0 Å². The van der Waals surface area contributed by atoms with Gasteiger partial charge in [0.15, 0.2) is 0 Å². The van der Waals surface area contributed by atoms with Crippen molar-refractivity contribution in [1.29, 1.82) is 0 Å². The lowest BCUT2D eigenvalue weighted by Gasteiger charge is -2.14. The van der Waals surface area contributed by atoms with Crippen LogP contribution in [-0.2, 0) is 4.79 Å². The first-order valence-corrected chi connectivity index (χ1v) is 6.38. The van der Waals surface area contributed by atoms with Gasteiger partial charge in [0, 0.05) is 18.3 Å². The molecule has 2 unspecified atom stereocenters. The van der Waals surface area contributed by atoms with Crippen molar-refractivity contribution in [3.05, 3.63) is 0 Å². The number of carbonyl (C=O) groups is 1. The van der Waals surface area contributed by atoms with Crippen molar-refractivity contribution in [2.24, 2.45) is 17.3 Å². The highest BCUT2D eigenvalue weighted by Crippen LogP contribution is 2.51. The molecule has 15 heavy (non-hydrogen) atoms. The van der Waals surface area contributed by atoms with Crippen LogP contribution in [0.4, 0.5) is 0 Å². The first-order valence-electron chi connectivity index (χ1n) is 5.85. The number of halogens is 1. The summed E-state index contributed by atoms with van der Waals surface area (Å²) in [6.45, 7) is 7.22. The van der Waals surface area contributed by atoms with Crippen LogP contribution in [0, 0.1) is 17.3 Å². The molecule has 1 aliphatic rings. The number of alkyl halides is 1. The van der Waals surface area contributed by atoms with Crippen molar-refractivity contribution in [2.45, 2.75) is 40.0 Å². The molecule has 0 aromatic heterocycles. The molecule has 0 aliphatic heterocycles. The van der Waals surface area contributed by atoms with Crippen LogP contribution < -0.4 is 5.32 Å². The minimum absolute atomic E-state index is 0.230. The predicted octanol–water partition coefficient (Wildman–Crippen LogP) is 2.80. The number of carbonyl (C=O) groups excluding carboxylic acids is 1. The second-order valence-corrected chi connectivity index (χ2v) is 5.62. The normalized spacial score (nSPS) is 24.7. The summed E-state index contributed by atoms with van der Waals surface area (Å²) >= 11 is 5.70. The summed E-state index contributed by atoms with van der Waals surface area (Å²) < 4.78 is 0. The zero-order valence-electron chi connectivity index (χ0n) is 9.98. The monoisotopic (exact) mass is 231 g/mol. The Balaban J connectivity index is 2.22. The molecular formula is C12H22ClNO. The lowest BCUT2D eigenvalue weighted by atomic mass is 10.0. The number of nitrogens with one attached hydrogen (secondary N) is 1. The number of hydrogen-bond donors (Lipinski definition) is 1. The average molecular weight is 232 g/mol. The van der Waals surface area contributed by atoms with Gasteiger partial charge in [0.2, 0.25) is 5.91 Å². The molecule has 0 spiro atoms. The SMILES string of the molecule is CCC(CCCl)CNC(=O)C1CC1(C)C. The van der Waals surface area contributed by atoms with Crippen LogP contribution in [0.25, 0.3) is 0 Å². The van der Waals surface area contributed by atoms with Crippen LogP contribution in [0.1, 0.15) is 40.0 Å². The maximum absolute atomic E-state index is 11.7. The first kappa shape index (κ1) is 12.8. The molecule has 0 bridgehead atoms. The molecule has 0 saturated heterocycles. The van der Waals surface area contributed by atoms with Crippen molar-refractivity contribution >= 4 is 17.5 Å².